The third-order valence-corrected chi connectivity index (χ3v) is 6.86. The lowest BCUT2D eigenvalue weighted by atomic mass is 10.1. The summed E-state index contributed by atoms with van der Waals surface area (Å²) in [4.78, 5) is 4.79. The fraction of sp³-hybridized carbons (Fsp3) is 0.0417. The Hall–Kier alpha value is -4.04. The quantitative estimate of drug-likeness (QED) is 0.424. The molecule has 0 unspecified atom stereocenters. The maximum atomic E-state index is 13.0. The van der Waals surface area contributed by atoms with E-state index >= 15 is 0 Å². The van der Waals surface area contributed by atoms with Crippen molar-refractivity contribution in [1.29, 1.82) is 0 Å². The Balaban J connectivity index is 1.38. The Kier molecular flexibility index (Phi) is 5.12. The summed E-state index contributed by atoms with van der Waals surface area (Å²) in [5, 5.41) is 11.5. The molecule has 158 valence electrons. The fourth-order valence-corrected chi connectivity index (χ4v) is 4.67. The van der Waals surface area contributed by atoms with Crippen molar-refractivity contribution in [2.45, 2.75) is 16.3 Å². The summed E-state index contributed by atoms with van der Waals surface area (Å²) in [6.45, 7) is 0.513. The number of nitrogens with one attached hydrogen (secondary N) is 1. The van der Waals surface area contributed by atoms with Crippen LogP contribution in [0.3, 0.4) is 0 Å². The summed E-state index contributed by atoms with van der Waals surface area (Å²) in [6.07, 6.45) is 3.32. The molecule has 3 heterocycles. The van der Waals surface area contributed by atoms with E-state index in [9.17, 15) is 8.42 Å². The van der Waals surface area contributed by atoms with Gasteiger partial charge >= 0.3 is 0 Å². The minimum Gasteiger partial charge on any atom is -0.350 e. The highest BCUT2D eigenvalue weighted by molar-refractivity contribution is 7.91. The molecule has 5 rings (SSSR count). The second kappa shape index (κ2) is 8.24. The molecule has 0 bridgehead atoms. The van der Waals surface area contributed by atoms with Crippen LogP contribution in [-0.4, -0.2) is 28.0 Å². The van der Waals surface area contributed by atoms with Crippen LogP contribution in [0.4, 0.5) is 5.95 Å². The molecule has 3 aromatic heterocycles. The minimum absolute atomic E-state index is 0.179. The van der Waals surface area contributed by atoms with E-state index in [-0.39, 0.29) is 9.79 Å². The van der Waals surface area contributed by atoms with Crippen molar-refractivity contribution in [2.24, 2.45) is 0 Å². The molecule has 0 aliphatic carbocycles. The second-order valence-electron chi connectivity index (χ2n) is 7.20. The summed E-state index contributed by atoms with van der Waals surface area (Å²) >= 11 is 0. The zero-order valence-electron chi connectivity index (χ0n) is 17.0. The molecule has 0 atom stereocenters. The van der Waals surface area contributed by atoms with Gasteiger partial charge in [0.05, 0.1) is 15.5 Å². The molecule has 7 nitrogen and oxygen atoms in total. The van der Waals surface area contributed by atoms with Gasteiger partial charge in [0.1, 0.15) is 0 Å². The van der Waals surface area contributed by atoms with E-state index in [1.54, 1.807) is 59.3 Å². The third kappa shape index (κ3) is 3.83. The summed E-state index contributed by atoms with van der Waals surface area (Å²) in [7, 11) is -3.63. The standard InChI is InChI=1S/C24H19N5O2S/c30-32(31,20-6-2-1-3-7-20)21-13-14-23-27-28-24(29(23)17-21)26-16-18-9-11-19(12-10-18)22-8-4-5-15-25-22/h1-15,17H,16H2,(H,26,28). The molecule has 0 aliphatic rings. The van der Waals surface area contributed by atoms with Gasteiger partial charge in [0.25, 0.3) is 0 Å². The maximum Gasteiger partial charge on any atom is 0.229 e. The van der Waals surface area contributed by atoms with E-state index < -0.39 is 9.84 Å². The van der Waals surface area contributed by atoms with Crippen LogP contribution in [0.2, 0.25) is 0 Å². The van der Waals surface area contributed by atoms with E-state index in [0.29, 0.717) is 18.1 Å². The van der Waals surface area contributed by atoms with Crippen LogP contribution in [0.25, 0.3) is 16.9 Å². The van der Waals surface area contributed by atoms with E-state index in [1.807, 2.05) is 42.5 Å². The normalized spacial score (nSPS) is 11.5. The molecule has 0 saturated carbocycles. The predicted octanol–water partition coefficient (Wildman–Crippen LogP) is 4.24. The van der Waals surface area contributed by atoms with Crippen LogP contribution in [0.5, 0.6) is 0 Å². The van der Waals surface area contributed by atoms with E-state index in [4.69, 9.17) is 0 Å². The number of pyridine rings is 2. The van der Waals surface area contributed by atoms with Crippen LogP contribution in [0.1, 0.15) is 5.56 Å². The monoisotopic (exact) mass is 441 g/mol. The van der Waals surface area contributed by atoms with Crippen LogP contribution < -0.4 is 5.32 Å². The number of aromatic nitrogens is 4. The molecule has 0 fully saturated rings. The van der Waals surface area contributed by atoms with Crippen molar-refractivity contribution < 1.29 is 8.42 Å². The fourth-order valence-electron chi connectivity index (χ4n) is 3.39. The van der Waals surface area contributed by atoms with Gasteiger partial charge in [-0.3, -0.25) is 9.38 Å². The van der Waals surface area contributed by atoms with Crippen LogP contribution in [-0.2, 0) is 16.4 Å². The zero-order valence-corrected chi connectivity index (χ0v) is 17.8. The first-order valence-electron chi connectivity index (χ1n) is 10.0. The van der Waals surface area contributed by atoms with Crippen LogP contribution in [0, 0.1) is 0 Å². The van der Waals surface area contributed by atoms with E-state index in [2.05, 4.69) is 20.5 Å². The third-order valence-electron chi connectivity index (χ3n) is 5.10. The second-order valence-corrected chi connectivity index (χ2v) is 9.15. The zero-order chi connectivity index (χ0) is 22.0. The SMILES string of the molecule is O=S(=O)(c1ccccc1)c1ccc2nnc(NCc3ccc(-c4ccccn4)cc3)n2c1. The molecule has 0 saturated heterocycles. The molecule has 0 radical (unpaired) electrons. The lowest BCUT2D eigenvalue weighted by Gasteiger charge is -2.08. The first-order valence-corrected chi connectivity index (χ1v) is 11.5. The van der Waals surface area contributed by atoms with Gasteiger partial charge in [0, 0.05) is 24.5 Å². The van der Waals surface area contributed by atoms with E-state index in [0.717, 1.165) is 16.8 Å². The predicted molar refractivity (Wildman–Crippen MR) is 122 cm³/mol. The maximum absolute atomic E-state index is 13.0. The molecule has 32 heavy (non-hydrogen) atoms. The Bertz CT molecular complexity index is 1470. The van der Waals surface area contributed by atoms with Crippen molar-refractivity contribution in [3.05, 3.63) is 103 Å². The van der Waals surface area contributed by atoms with E-state index in [1.165, 1.54) is 0 Å². The Labute approximate surface area is 185 Å². The topological polar surface area (TPSA) is 89.2 Å². The van der Waals surface area contributed by atoms with Gasteiger partial charge in [-0.05, 0) is 42.0 Å². The average molecular weight is 442 g/mol. The van der Waals surface area contributed by atoms with Gasteiger partial charge < -0.3 is 5.32 Å². The molecule has 8 heteroatoms. The molecule has 5 aromatic rings. The smallest absolute Gasteiger partial charge is 0.229 e. The highest BCUT2D eigenvalue weighted by atomic mass is 32.2. The van der Waals surface area contributed by atoms with Crippen molar-refractivity contribution in [3.63, 3.8) is 0 Å². The van der Waals surface area contributed by atoms with Gasteiger partial charge in [0.15, 0.2) is 5.65 Å². The van der Waals surface area contributed by atoms with Crippen molar-refractivity contribution >= 4 is 21.4 Å². The average Bonchev–Trinajstić information content (AvgIpc) is 3.26. The van der Waals surface area contributed by atoms with Crippen LogP contribution >= 0.6 is 0 Å². The Morgan fingerprint density at radius 1 is 0.781 bits per heavy atom. The first kappa shape index (κ1) is 19.9. The molecule has 1 N–H and O–H groups in total. The van der Waals surface area contributed by atoms with Gasteiger partial charge in [-0.25, -0.2) is 8.42 Å². The molecule has 0 amide bonds. The van der Waals surface area contributed by atoms with Crippen molar-refractivity contribution in [3.8, 4) is 11.3 Å². The number of anilines is 1. The van der Waals surface area contributed by atoms with Gasteiger partial charge in [-0.15, -0.1) is 10.2 Å². The lowest BCUT2D eigenvalue weighted by molar-refractivity contribution is 0.595. The number of rotatable bonds is 6. The number of benzene rings is 2. The highest BCUT2D eigenvalue weighted by Crippen LogP contribution is 2.22. The highest BCUT2D eigenvalue weighted by Gasteiger charge is 2.19. The number of nitrogens with zero attached hydrogens (tertiary/aromatic N) is 4. The number of sulfone groups is 1. The largest absolute Gasteiger partial charge is 0.350 e. The molecular formula is C24H19N5O2S. The number of fused-ring (bicyclic) bond motifs is 1. The van der Waals surface area contributed by atoms with Gasteiger partial charge in [0.2, 0.25) is 15.8 Å². The van der Waals surface area contributed by atoms with Crippen molar-refractivity contribution in [2.75, 3.05) is 5.32 Å². The van der Waals surface area contributed by atoms with Gasteiger partial charge in [-0.1, -0.05) is 48.5 Å². The van der Waals surface area contributed by atoms with Crippen LogP contribution in [0.15, 0.2) is 107 Å². The lowest BCUT2D eigenvalue weighted by Crippen LogP contribution is -2.06. The summed E-state index contributed by atoms with van der Waals surface area (Å²) in [5.74, 6) is 0.471. The number of hydrogen-bond donors (Lipinski definition) is 1. The Morgan fingerprint density at radius 2 is 1.56 bits per heavy atom. The first-order chi connectivity index (χ1) is 15.6. The minimum atomic E-state index is -3.63. The summed E-state index contributed by atoms with van der Waals surface area (Å²) in [5.41, 5.74) is 3.57. The molecular weight excluding hydrogens is 422 g/mol. The summed E-state index contributed by atoms with van der Waals surface area (Å²) < 4.78 is 27.6. The number of hydrogen-bond acceptors (Lipinski definition) is 6. The Morgan fingerprint density at radius 3 is 2.31 bits per heavy atom. The van der Waals surface area contributed by atoms with Gasteiger partial charge in [-0.2, -0.15) is 0 Å². The molecule has 0 spiro atoms. The molecule has 0 aliphatic heterocycles. The summed E-state index contributed by atoms with van der Waals surface area (Å²) in [6, 6.07) is 25.5. The van der Waals surface area contributed by atoms with Crippen molar-refractivity contribution in [1.82, 2.24) is 19.6 Å². The molecule has 2 aromatic carbocycles.